The number of carbonyl (C=O) groups excluding carboxylic acids is 1. The summed E-state index contributed by atoms with van der Waals surface area (Å²) in [5.41, 5.74) is 0.376. The van der Waals surface area contributed by atoms with Gasteiger partial charge in [-0.25, -0.2) is 9.18 Å². The van der Waals surface area contributed by atoms with Gasteiger partial charge >= 0.3 is 12.6 Å². The van der Waals surface area contributed by atoms with E-state index in [2.05, 4.69) is 10.1 Å². The molecule has 0 fully saturated rings. The van der Waals surface area contributed by atoms with E-state index in [4.69, 9.17) is 16.3 Å². The Kier molecular flexibility index (Phi) is 6.57. The van der Waals surface area contributed by atoms with Crippen LogP contribution < -0.4 is 14.8 Å². The van der Waals surface area contributed by atoms with Gasteiger partial charge in [0.1, 0.15) is 5.82 Å². The highest BCUT2D eigenvalue weighted by atomic mass is 35.5. The number of benzene rings is 2. The quantitative estimate of drug-likeness (QED) is 0.776. The van der Waals surface area contributed by atoms with Crippen molar-refractivity contribution in [2.45, 2.75) is 13.2 Å². The monoisotopic (exact) mass is 388 g/mol. The van der Waals surface area contributed by atoms with E-state index in [9.17, 15) is 18.0 Å². The second-order valence-electron chi connectivity index (χ2n) is 5.23. The summed E-state index contributed by atoms with van der Waals surface area (Å²) >= 11 is 5.94. The Morgan fingerprint density at radius 1 is 1.27 bits per heavy atom. The SMILES string of the molecule is COc1ccc(NC(=O)N(C)Cc2c(F)cccc2Cl)cc1OC(F)F. The predicted molar refractivity (Wildman–Crippen MR) is 91.5 cm³/mol. The molecule has 0 radical (unpaired) electrons. The molecule has 0 spiro atoms. The number of hydrogen-bond acceptors (Lipinski definition) is 3. The summed E-state index contributed by atoms with van der Waals surface area (Å²) < 4.78 is 48.0. The maximum atomic E-state index is 13.8. The van der Waals surface area contributed by atoms with Crippen molar-refractivity contribution < 1.29 is 27.4 Å². The molecule has 0 aliphatic carbocycles. The molecule has 2 aromatic rings. The van der Waals surface area contributed by atoms with Gasteiger partial charge < -0.3 is 19.7 Å². The van der Waals surface area contributed by atoms with E-state index in [0.29, 0.717) is 0 Å². The van der Waals surface area contributed by atoms with Gasteiger partial charge in [0.15, 0.2) is 11.5 Å². The summed E-state index contributed by atoms with van der Waals surface area (Å²) in [4.78, 5) is 13.5. The van der Waals surface area contributed by atoms with Crippen LogP contribution in [0.25, 0.3) is 0 Å². The summed E-state index contributed by atoms with van der Waals surface area (Å²) in [7, 11) is 2.75. The van der Waals surface area contributed by atoms with Crippen LogP contribution >= 0.6 is 11.6 Å². The summed E-state index contributed by atoms with van der Waals surface area (Å²) in [6.45, 7) is -3.12. The fourth-order valence-corrected chi connectivity index (χ4v) is 2.38. The van der Waals surface area contributed by atoms with Gasteiger partial charge in [0.05, 0.1) is 13.7 Å². The molecule has 26 heavy (non-hydrogen) atoms. The van der Waals surface area contributed by atoms with Crippen molar-refractivity contribution in [2.75, 3.05) is 19.5 Å². The lowest BCUT2D eigenvalue weighted by atomic mass is 10.2. The molecule has 0 heterocycles. The molecule has 1 N–H and O–H groups in total. The number of nitrogens with one attached hydrogen (secondary N) is 1. The third-order valence-electron chi connectivity index (χ3n) is 3.43. The highest BCUT2D eigenvalue weighted by molar-refractivity contribution is 6.31. The number of ether oxygens (including phenoxy) is 2. The first kappa shape index (κ1) is 19.7. The van der Waals surface area contributed by atoms with Gasteiger partial charge in [0, 0.05) is 29.4 Å². The lowest BCUT2D eigenvalue weighted by Gasteiger charge is -2.19. The number of carbonyl (C=O) groups is 1. The predicted octanol–water partition coefficient (Wildman–Crippen LogP) is 4.75. The molecule has 0 unspecified atom stereocenters. The number of methoxy groups -OCH3 is 1. The van der Waals surface area contributed by atoms with Crippen LogP contribution in [0, 0.1) is 5.82 Å². The second kappa shape index (κ2) is 8.66. The van der Waals surface area contributed by atoms with Gasteiger partial charge in [0.2, 0.25) is 0 Å². The third-order valence-corrected chi connectivity index (χ3v) is 3.79. The molecule has 0 saturated heterocycles. The fourth-order valence-electron chi connectivity index (χ4n) is 2.15. The molecule has 9 heteroatoms. The summed E-state index contributed by atoms with van der Waals surface area (Å²) in [5, 5.41) is 2.70. The topological polar surface area (TPSA) is 50.8 Å². The maximum absolute atomic E-state index is 13.8. The van der Waals surface area contributed by atoms with Crippen LogP contribution in [-0.2, 0) is 6.54 Å². The zero-order valence-electron chi connectivity index (χ0n) is 13.9. The Labute approximate surface area is 153 Å². The number of anilines is 1. The Bertz CT molecular complexity index is 770. The summed E-state index contributed by atoms with van der Waals surface area (Å²) in [5.74, 6) is -0.663. The van der Waals surface area contributed by atoms with Crippen LogP contribution in [0.5, 0.6) is 11.5 Å². The molecule has 0 bridgehead atoms. The molecular formula is C17H16ClF3N2O3. The van der Waals surface area contributed by atoms with E-state index >= 15 is 0 Å². The number of halogens is 4. The zero-order chi connectivity index (χ0) is 19.3. The number of amides is 2. The minimum Gasteiger partial charge on any atom is -0.493 e. The first-order chi connectivity index (χ1) is 12.3. The smallest absolute Gasteiger partial charge is 0.387 e. The van der Waals surface area contributed by atoms with Gasteiger partial charge in [-0.2, -0.15) is 8.78 Å². The van der Waals surface area contributed by atoms with Gasteiger partial charge in [-0.3, -0.25) is 0 Å². The minimum atomic E-state index is -3.04. The average Bonchev–Trinajstić information content (AvgIpc) is 2.58. The van der Waals surface area contributed by atoms with Crippen LogP contribution in [0.3, 0.4) is 0 Å². The van der Waals surface area contributed by atoms with Crippen molar-refractivity contribution in [1.82, 2.24) is 4.90 Å². The normalized spacial score (nSPS) is 10.6. The summed E-state index contributed by atoms with van der Waals surface area (Å²) in [6.07, 6.45) is 0. The van der Waals surface area contributed by atoms with Crippen LogP contribution in [0.15, 0.2) is 36.4 Å². The first-order valence-corrected chi connectivity index (χ1v) is 7.77. The Morgan fingerprint density at radius 3 is 2.62 bits per heavy atom. The molecule has 0 aliphatic heterocycles. The van der Waals surface area contributed by atoms with E-state index in [1.165, 1.54) is 55.5 Å². The van der Waals surface area contributed by atoms with E-state index in [-0.39, 0.29) is 34.3 Å². The van der Waals surface area contributed by atoms with E-state index in [1.54, 1.807) is 0 Å². The van der Waals surface area contributed by atoms with Crippen molar-refractivity contribution in [3.63, 3.8) is 0 Å². The van der Waals surface area contributed by atoms with Gasteiger partial charge in [-0.15, -0.1) is 0 Å². The van der Waals surface area contributed by atoms with Crippen molar-refractivity contribution in [3.05, 3.63) is 52.8 Å². The van der Waals surface area contributed by atoms with Crippen LogP contribution in [-0.4, -0.2) is 31.7 Å². The molecule has 0 aliphatic rings. The number of urea groups is 1. The number of nitrogens with zero attached hydrogens (tertiary/aromatic N) is 1. The van der Waals surface area contributed by atoms with E-state index < -0.39 is 18.5 Å². The van der Waals surface area contributed by atoms with E-state index in [1.807, 2.05) is 0 Å². The second-order valence-corrected chi connectivity index (χ2v) is 5.64. The van der Waals surface area contributed by atoms with Crippen molar-refractivity contribution >= 4 is 23.3 Å². The highest BCUT2D eigenvalue weighted by Crippen LogP contribution is 2.31. The molecule has 0 atom stereocenters. The van der Waals surface area contributed by atoms with Crippen molar-refractivity contribution in [1.29, 1.82) is 0 Å². The average molecular weight is 389 g/mol. The Hall–Kier alpha value is -2.61. The molecule has 2 amide bonds. The number of rotatable bonds is 6. The number of hydrogen-bond donors (Lipinski definition) is 1. The van der Waals surface area contributed by atoms with Gasteiger partial charge in [0.25, 0.3) is 0 Å². The lowest BCUT2D eigenvalue weighted by Crippen LogP contribution is -2.31. The van der Waals surface area contributed by atoms with Crippen LogP contribution in [0.2, 0.25) is 5.02 Å². The molecule has 0 saturated carbocycles. The van der Waals surface area contributed by atoms with Crippen molar-refractivity contribution in [3.8, 4) is 11.5 Å². The van der Waals surface area contributed by atoms with Crippen LogP contribution in [0.4, 0.5) is 23.7 Å². The molecule has 0 aromatic heterocycles. The number of alkyl halides is 2. The molecule has 2 aromatic carbocycles. The third kappa shape index (κ3) is 4.95. The standard InChI is InChI=1S/C17H16ClF3N2O3/c1-23(9-11-12(18)4-3-5-13(11)19)17(24)22-10-6-7-14(25-2)15(8-10)26-16(20)21/h3-8,16H,9H2,1-2H3,(H,22,24). The van der Waals surface area contributed by atoms with E-state index in [0.717, 1.165) is 0 Å². The van der Waals surface area contributed by atoms with Gasteiger partial charge in [-0.1, -0.05) is 17.7 Å². The minimum absolute atomic E-state index is 0.0755. The fraction of sp³-hybridized carbons (Fsp3) is 0.235. The largest absolute Gasteiger partial charge is 0.493 e. The zero-order valence-corrected chi connectivity index (χ0v) is 14.7. The summed E-state index contributed by atoms with van der Waals surface area (Å²) in [6, 6.07) is 7.67. The molecule has 2 rings (SSSR count). The first-order valence-electron chi connectivity index (χ1n) is 7.39. The molecular weight excluding hydrogens is 373 g/mol. The highest BCUT2D eigenvalue weighted by Gasteiger charge is 2.16. The molecule has 5 nitrogen and oxygen atoms in total. The van der Waals surface area contributed by atoms with Crippen LogP contribution in [0.1, 0.15) is 5.56 Å². The Morgan fingerprint density at radius 2 is 2.00 bits per heavy atom. The maximum Gasteiger partial charge on any atom is 0.387 e. The van der Waals surface area contributed by atoms with Crippen molar-refractivity contribution in [2.24, 2.45) is 0 Å². The Balaban J connectivity index is 2.11. The van der Waals surface area contributed by atoms with Gasteiger partial charge in [-0.05, 0) is 24.3 Å². The molecule has 140 valence electrons. The lowest BCUT2D eigenvalue weighted by molar-refractivity contribution is -0.0511.